The highest BCUT2D eigenvalue weighted by atomic mass is 32.2. The summed E-state index contributed by atoms with van der Waals surface area (Å²) in [5.74, 6) is -2.73. The molecular formula is C24H23F2N3O3S. The zero-order valence-electron chi connectivity index (χ0n) is 17.9. The molecule has 0 aromatic heterocycles. The van der Waals surface area contributed by atoms with Crippen molar-refractivity contribution in [3.8, 4) is 0 Å². The third-order valence-electron chi connectivity index (χ3n) is 5.52. The van der Waals surface area contributed by atoms with E-state index in [0.717, 1.165) is 35.4 Å². The Bertz CT molecular complexity index is 1270. The van der Waals surface area contributed by atoms with Gasteiger partial charge in [-0.15, -0.1) is 0 Å². The molecule has 1 atom stereocenters. The molecule has 6 nitrogen and oxygen atoms in total. The Morgan fingerprint density at radius 2 is 1.67 bits per heavy atom. The van der Waals surface area contributed by atoms with E-state index in [1.54, 1.807) is 19.1 Å². The molecule has 1 aliphatic rings. The summed E-state index contributed by atoms with van der Waals surface area (Å²) in [6, 6.07) is 14.6. The van der Waals surface area contributed by atoms with Crippen molar-refractivity contribution in [3.63, 3.8) is 0 Å². The van der Waals surface area contributed by atoms with Crippen LogP contribution in [0.3, 0.4) is 0 Å². The monoisotopic (exact) mass is 471 g/mol. The molecule has 0 saturated heterocycles. The summed E-state index contributed by atoms with van der Waals surface area (Å²) in [5, 5.41) is 7.90. The maximum absolute atomic E-state index is 14.6. The lowest BCUT2D eigenvalue weighted by atomic mass is 10.1. The standard InChI is InChI=1S/C24H23F2N3O3S/c1-15(17-5-3-2-4-6-17)28-24(30)29-23-21(25)10-20(11-22(23)26)33(31,32)14-16-7-8-18-12-27-13-19(18)9-16/h2-11,15,27H,12-14H2,1H3,(H2,28,29,30). The molecule has 4 rings (SSSR count). The predicted molar refractivity (Wildman–Crippen MR) is 121 cm³/mol. The van der Waals surface area contributed by atoms with E-state index >= 15 is 0 Å². The fourth-order valence-electron chi connectivity index (χ4n) is 3.76. The van der Waals surface area contributed by atoms with Gasteiger partial charge in [0.05, 0.1) is 16.7 Å². The normalized spacial score (nSPS) is 13.9. The first kappa shape index (κ1) is 22.9. The van der Waals surface area contributed by atoms with Crippen molar-refractivity contribution in [2.75, 3.05) is 5.32 Å². The number of hydrogen-bond acceptors (Lipinski definition) is 4. The number of amides is 2. The molecule has 0 saturated carbocycles. The van der Waals surface area contributed by atoms with Crippen LogP contribution in [-0.2, 0) is 28.7 Å². The Morgan fingerprint density at radius 1 is 1.00 bits per heavy atom. The highest BCUT2D eigenvalue weighted by Gasteiger charge is 2.23. The van der Waals surface area contributed by atoms with Crippen LogP contribution < -0.4 is 16.0 Å². The number of hydrogen-bond donors (Lipinski definition) is 3. The summed E-state index contributed by atoms with van der Waals surface area (Å²) >= 11 is 0. The molecule has 3 N–H and O–H groups in total. The van der Waals surface area contributed by atoms with Crippen molar-refractivity contribution < 1.29 is 22.0 Å². The lowest BCUT2D eigenvalue weighted by molar-refractivity contribution is 0.249. The minimum atomic E-state index is -4.00. The molecule has 9 heteroatoms. The average Bonchev–Trinajstić information content (AvgIpc) is 3.24. The van der Waals surface area contributed by atoms with Crippen LogP contribution in [-0.4, -0.2) is 14.4 Å². The number of carbonyl (C=O) groups is 1. The molecule has 1 unspecified atom stereocenters. The van der Waals surface area contributed by atoms with Crippen LogP contribution in [0.5, 0.6) is 0 Å². The number of anilines is 1. The van der Waals surface area contributed by atoms with E-state index in [-0.39, 0.29) is 5.75 Å². The maximum atomic E-state index is 14.6. The van der Waals surface area contributed by atoms with E-state index < -0.39 is 44.1 Å². The zero-order valence-corrected chi connectivity index (χ0v) is 18.7. The van der Waals surface area contributed by atoms with Gasteiger partial charge in [0.2, 0.25) is 0 Å². The van der Waals surface area contributed by atoms with Crippen LogP contribution in [0, 0.1) is 11.6 Å². The number of carbonyl (C=O) groups excluding carboxylic acids is 1. The zero-order chi connectivity index (χ0) is 23.6. The van der Waals surface area contributed by atoms with E-state index in [0.29, 0.717) is 12.1 Å². The minimum absolute atomic E-state index is 0.388. The van der Waals surface area contributed by atoms with Gasteiger partial charge in [-0.25, -0.2) is 22.0 Å². The van der Waals surface area contributed by atoms with Crippen LogP contribution in [0.2, 0.25) is 0 Å². The maximum Gasteiger partial charge on any atom is 0.319 e. The fourth-order valence-corrected chi connectivity index (χ4v) is 5.11. The molecule has 2 amide bonds. The lowest BCUT2D eigenvalue weighted by Crippen LogP contribution is -2.31. The Kier molecular flexibility index (Phi) is 6.44. The quantitative estimate of drug-likeness (QED) is 0.497. The van der Waals surface area contributed by atoms with E-state index in [2.05, 4.69) is 16.0 Å². The molecular weight excluding hydrogens is 448 g/mol. The van der Waals surface area contributed by atoms with Crippen molar-refractivity contribution in [1.29, 1.82) is 0 Å². The lowest BCUT2D eigenvalue weighted by Gasteiger charge is -2.16. The summed E-state index contributed by atoms with van der Waals surface area (Å²) < 4.78 is 54.8. The third kappa shape index (κ3) is 5.20. The van der Waals surface area contributed by atoms with Gasteiger partial charge in [0, 0.05) is 13.1 Å². The average molecular weight is 472 g/mol. The Balaban J connectivity index is 1.48. The number of benzene rings is 3. The highest BCUT2D eigenvalue weighted by Crippen LogP contribution is 2.27. The van der Waals surface area contributed by atoms with Gasteiger partial charge in [-0.05, 0) is 41.3 Å². The van der Waals surface area contributed by atoms with Crippen LogP contribution in [0.1, 0.15) is 35.2 Å². The predicted octanol–water partition coefficient (Wildman–Crippen LogP) is 4.42. The Labute approximate surface area is 190 Å². The molecule has 0 aliphatic carbocycles. The van der Waals surface area contributed by atoms with Crippen molar-refractivity contribution in [1.82, 2.24) is 10.6 Å². The van der Waals surface area contributed by atoms with Gasteiger partial charge in [0.25, 0.3) is 0 Å². The summed E-state index contributed by atoms with van der Waals surface area (Å²) in [5.41, 5.74) is 2.75. The Morgan fingerprint density at radius 3 is 2.36 bits per heavy atom. The number of rotatable bonds is 6. The van der Waals surface area contributed by atoms with E-state index in [1.807, 2.05) is 36.4 Å². The van der Waals surface area contributed by atoms with Crippen molar-refractivity contribution in [2.24, 2.45) is 0 Å². The first-order chi connectivity index (χ1) is 15.7. The van der Waals surface area contributed by atoms with Crippen molar-refractivity contribution >= 4 is 21.6 Å². The number of urea groups is 1. The summed E-state index contributed by atoms with van der Waals surface area (Å²) in [6.07, 6.45) is 0. The number of halogens is 2. The van der Waals surface area contributed by atoms with Crippen LogP contribution in [0.15, 0.2) is 65.6 Å². The van der Waals surface area contributed by atoms with Crippen molar-refractivity contribution in [2.45, 2.75) is 36.7 Å². The van der Waals surface area contributed by atoms with Gasteiger partial charge < -0.3 is 16.0 Å². The van der Waals surface area contributed by atoms with Gasteiger partial charge in [-0.2, -0.15) is 0 Å². The minimum Gasteiger partial charge on any atom is -0.331 e. The van der Waals surface area contributed by atoms with Gasteiger partial charge >= 0.3 is 6.03 Å². The van der Waals surface area contributed by atoms with Gasteiger partial charge in [0.1, 0.15) is 5.69 Å². The molecule has 0 radical (unpaired) electrons. The highest BCUT2D eigenvalue weighted by molar-refractivity contribution is 7.90. The summed E-state index contributed by atoms with van der Waals surface area (Å²) in [6.45, 7) is 3.11. The van der Waals surface area contributed by atoms with Crippen molar-refractivity contribution in [3.05, 3.63) is 94.6 Å². The summed E-state index contributed by atoms with van der Waals surface area (Å²) in [7, 11) is -4.00. The van der Waals surface area contributed by atoms with E-state index in [1.165, 1.54) is 0 Å². The second kappa shape index (κ2) is 9.29. The van der Waals surface area contributed by atoms with Gasteiger partial charge in [-0.1, -0.05) is 48.5 Å². The molecule has 1 heterocycles. The van der Waals surface area contributed by atoms with Gasteiger partial charge in [-0.3, -0.25) is 0 Å². The fraction of sp³-hybridized carbons (Fsp3) is 0.208. The number of fused-ring (bicyclic) bond motifs is 1. The first-order valence-electron chi connectivity index (χ1n) is 10.4. The molecule has 0 bridgehead atoms. The molecule has 172 valence electrons. The SMILES string of the molecule is CC(NC(=O)Nc1c(F)cc(S(=O)(=O)Cc2ccc3c(c2)CNC3)cc1F)c1ccccc1. The molecule has 0 spiro atoms. The van der Waals surface area contributed by atoms with Crippen LogP contribution >= 0.6 is 0 Å². The number of nitrogens with one attached hydrogen (secondary N) is 3. The molecule has 0 fully saturated rings. The smallest absolute Gasteiger partial charge is 0.319 e. The molecule has 33 heavy (non-hydrogen) atoms. The Hall–Kier alpha value is -3.30. The van der Waals surface area contributed by atoms with E-state index in [4.69, 9.17) is 0 Å². The number of sulfone groups is 1. The second-order valence-corrected chi connectivity index (χ2v) is 9.95. The second-order valence-electron chi connectivity index (χ2n) is 7.96. The molecule has 1 aliphatic heterocycles. The summed E-state index contributed by atoms with van der Waals surface area (Å²) in [4.78, 5) is 11.8. The van der Waals surface area contributed by atoms with E-state index in [9.17, 15) is 22.0 Å². The van der Waals surface area contributed by atoms with Crippen LogP contribution in [0.25, 0.3) is 0 Å². The third-order valence-corrected chi connectivity index (χ3v) is 7.19. The molecule has 3 aromatic carbocycles. The van der Waals surface area contributed by atoms with Crippen LogP contribution in [0.4, 0.5) is 19.3 Å². The largest absolute Gasteiger partial charge is 0.331 e. The molecule has 3 aromatic rings. The topological polar surface area (TPSA) is 87.3 Å². The van der Waals surface area contributed by atoms with Gasteiger partial charge in [0.15, 0.2) is 21.5 Å². The first-order valence-corrected chi connectivity index (χ1v) is 12.0.